The lowest BCUT2D eigenvalue weighted by molar-refractivity contribution is -0.147. The molecule has 0 aromatic heterocycles. The van der Waals surface area contributed by atoms with Gasteiger partial charge in [-0.05, 0) is 56.0 Å². The second-order valence-corrected chi connectivity index (χ2v) is 11.4. The minimum atomic E-state index is -1.20. The van der Waals surface area contributed by atoms with Crippen LogP contribution in [0.4, 0.5) is 4.79 Å². The summed E-state index contributed by atoms with van der Waals surface area (Å²) in [5, 5.41) is 7.80. The van der Waals surface area contributed by atoms with E-state index in [1.165, 1.54) is 0 Å². The lowest BCUT2D eigenvalue weighted by Crippen LogP contribution is -2.49. The molecule has 11 heteroatoms. The highest BCUT2D eigenvalue weighted by atomic mass is 16.6. The summed E-state index contributed by atoms with van der Waals surface area (Å²) in [6.07, 6.45) is -0.758. The van der Waals surface area contributed by atoms with Crippen LogP contribution in [-0.2, 0) is 48.2 Å². The van der Waals surface area contributed by atoms with Crippen molar-refractivity contribution in [2.24, 2.45) is 0 Å². The molecule has 3 aromatic carbocycles. The van der Waals surface area contributed by atoms with E-state index >= 15 is 0 Å². The number of carbonyl (C=O) groups excluding carboxylic acids is 5. The van der Waals surface area contributed by atoms with E-state index in [4.69, 9.17) is 14.2 Å². The summed E-state index contributed by atoms with van der Waals surface area (Å²) in [4.78, 5) is 62.5. The Labute approximate surface area is 269 Å². The molecule has 0 radical (unpaired) electrons. The standard InChI is InChI=1S/C35H41N3O8/c1-35(2,3)46-34(43)37-21-19-30(39)38-29(22-31(40)44-23-26-10-6-4-7-11-26)32(41)36-20-18-25-14-16-28(17-15-25)33(42)45-24-27-12-8-5-9-13-27/h4-17,29H,18-24H2,1-3H3,(H,36,41)(H,37,43)(H,38,39)/t29-/m0/s1. The van der Waals surface area contributed by atoms with Gasteiger partial charge < -0.3 is 30.2 Å². The van der Waals surface area contributed by atoms with Crippen molar-refractivity contribution in [2.45, 2.75) is 64.9 Å². The first-order valence-electron chi connectivity index (χ1n) is 15.0. The van der Waals surface area contributed by atoms with Crippen LogP contribution in [0.2, 0.25) is 0 Å². The second-order valence-electron chi connectivity index (χ2n) is 11.4. The van der Waals surface area contributed by atoms with Crippen LogP contribution in [-0.4, -0.2) is 54.6 Å². The van der Waals surface area contributed by atoms with E-state index < -0.39 is 41.5 Å². The molecule has 0 bridgehead atoms. The second kappa shape index (κ2) is 17.9. The summed E-state index contributed by atoms with van der Waals surface area (Å²) >= 11 is 0. The molecule has 0 spiro atoms. The summed E-state index contributed by atoms with van der Waals surface area (Å²) in [6, 6.07) is 24.1. The average Bonchev–Trinajstić information content (AvgIpc) is 3.02. The zero-order valence-electron chi connectivity index (χ0n) is 26.4. The lowest BCUT2D eigenvalue weighted by atomic mass is 10.1. The molecular formula is C35H41N3O8. The molecule has 3 N–H and O–H groups in total. The zero-order chi connectivity index (χ0) is 33.4. The number of nitrogens with one attached hydrogen (secondary N) is 3. The largest absolute Gasteiger partial charge is 0.461 e. The minimum absolute atomic E-state index is 0.0245. The van der Waals surface area contributed by atoms with Gasteiger partial charge in [-0.25, -0.2) is 9.59 Å². The molecule has 0 heterocycles. The molecule has 244 valence electrons. The number of alkyl carbamates (subject to hydrolysis) is 1. The molecular weight excluding hydrogens is 590 g/mol. The normalized spacial score (nSPS) is 11.5. The maximum absolute atomic E-state index is 13.1. The molecule has 11 nitrogen and oxygen atoms in total. The monoisotopic (exact) mass is 631 g/mol. The van der Waals surface area contributed by atoms with Gasteiger partial charge in [0.2, 0.25) is 11.8 Å². The van der Waals surface area contributed by atoms with Crippen LogP contribution < -0.4 is 16.0 Å². The SMILES string of the molecule is CC(C)(C)OC(=O)NCCC(=O)N[C@@H](CC(=O)OCc1ccccc1)C(=O)NCCc1ccc(C(=O)OCc2ccccc2)cc1. The molecule has 3 aromatic rings. The Balaban J connectivity index is 1.50. The fourth-order valence-corrected chi connectivity index (χ4v) is 4.10. The van der Waals surface area contributed by atoms with Crippen LogP contribution >= 0.6 is 0 Å². The van der Waals surface area contributed by atoms with Gasteiger partial charge in [0.15, 0.2) is 0 Å². The van der Waals surface area contributed by atoms with Gasteiger partial charge >= 0.3 is 18.0 Å². The van der Waals surface area contributed by atoms with E-state index in [0.717, 1.165) is 16.7 Å². The Morgan fingerprint density at radius 3 is 1.87 bits per heavy atom. The first kappa shape index (κ1) is 35.3. The molecule has 0 aliphatic rings. The van der Waals surface area contributed by atoms with Gasteiger partial charge in [-0.2, -0.15) is 0 Å². The van der Waals surface area contributed by atoms with Gasteiger partial charge in [-0.15, -0.1) is 0 Å². The summed E-state index contributed by atoms with van der Waals surface area (Å²) in [5.74, 6) is -2.21. The summed E-state index contributed by atoms with van der Waals surface area (Å²) in [5.41, 5.74) is 2.24. The number of ether oxygens (including phenoxy) is 3. The van der Waals surface area contributed by atoms with E-state index in [-0.39, 0.29) is 39.1 Å². The van der Waals surface area contributed by atoms with E-state index in [1.807, 2.05) is 48.5 Å². The van der Waals surface area contributed by atoms with Crippen molar-refractivity contribution >= 4 is 29.8 Å². The average molecular weight is 632 g/mol. The van der Waals surface area contributed by atoms with Gasteiger partial charge in [0.25, 0.3) is 0 Å². The van der Waals surface area contributed by atoms with Crippen molar-refractivity contribution in [3.8, 4) is 0 Å². The number of hydrogen-bond acceptors (Lipinski definition) is 8. The molecule has 0 aliphatic carbocycles. The van der Waals surface area contributed by atoms with Gasteiger partial charge in [-0.3, -0.25) is 14.4 Å². The van der Waals surface area contributed by atoms with Crippen LogP contribution in [0.3, 0.4) is 0 Å². The summed E-state index contributed by atoms with van der Waals surface area (Å²) < 4.78 is 15.8. The van der Waals surface area contributed by atoms with Crippen molar-refractivity contribution in [1.82, 2.24) is 16.0 Å². The molecule has 3 amide bonds. The van der Waals surface area contributed by atoms with Crippen molar-refractivity contribution in [2.75, 3.05) is 13.1 Å². The van der Waals surface area contributed by atoms with Gasteiger partial charge in [0.1, 0.15) is 24.9 Å². The molecule has 1 atom stereocenters. The predicted octanol–water partition coefficient (Wildman–Crippen LogP) is 4.24. The Bertz CT molecular complexity index is 1440. The van der Waals surface area contributed by atoms with Crippen LogP contribution in [0.15, 0.2) is 84.9 Å². The van der Waals surface area contributed by atoms with E-state index in [2.05, 4.69) is 16.0 Å². The maximum atomic E-state index is 13.1. The number of rotatable bonds is 15. The molecule has 46 heavy (non-hydrogen) atoms. The van der Waals surface area contributed by atoms with Crippen molar-refractivity contribution in [3.63, 3.8) is 0 Å². The smallest absolute Gasteiger partial charge is 0.407 e. The number of hydrogen-bond donors (Lipinski definition) is 3. The maximum Gasteiger partial charge on any atom is 0.407 e. The van der Waals surface area contributed by atoms with Crippen LogP contribution in [0.5, 0.6) is 0 Å². The number of carbonyl (C=O) groups is 5. The molecule has 0 fully saturated rings. The molecule has 0 saturated carbocycles. The van der Waals surface area contributed by atoms with Crippen molar-refractivity contribution in [1.29, 1.82) is 0 Å². The third-order valence-electron chi connectivity index (χ3n) is 6.40. The fourth-order valence-electron chi connectivity index (χ4n) is 4.10. The minimum Gasteiger partial charge on any atom is -0.461 e. The zero-order valence-corrected chi connectivity index (χ0v) is 26.4. The van der Waals surface area contributed by atoms with E-state index in [9.17, 15) is 24.0 Å². The Hall–Kier alpha value is -5.19. The lowest BCUT2D eigenvalue weighted by Gasteiger charge is -2.20. The highest BCUT2D eigenvalue weighted by Crippen LogP contribution is 2.10. The van der Waals surface area contributed by atoms with E-state index in [1.54, 1.807) is 57.2 Å². The number of esters is 2. The van der Waals surface area contributed by atoms with Crippen LogP contribution in [0.1, 0.15) is 60.7 Å². The third kappa shape index (κ3) is 13.6. The molecule has 3 rings (SSSR count). The Morgan fingerprint density at radius 1 is 0.696 bits per heavy atom. The third-order valence-corrected chi connectivity index (χ3v) is 6.40. The fraction of sp³-hybridized carbons (Fsp3) is 0.343. The summed E-state index contributed by atoms with van der Waals surface area (Å²) in [6.45, 7) is 5.55. The number of benzene rings is 3. The Kier molecular flexibility index (Phi) is 13.8. The summed E-state index contributed by atoms with van der Waals surface area (Å²) in [7, 11) is 0. The molecule has 0 unspecified atom stereocenters. The highest BCUT2D eigenvalue weighted by molar-refractivity contribution is 5.91. The first-order chi connectivity index (χ1) is 22.0. The van der Waals surface area contributed by atoms with Gasteiger partial charge in [0.05, 0.1) is 12.0 Å². The van der Waals surface area contributed by atoms with Crippen LogP contribution in [0.25, 0.3) is 0 Å². The van der Waals surface area contributed by atoms with Gasteiger partial charge in [0, 0.05) is 19.5 Å². The quantitative estimate of drug-likeness (QED) is 0.167. The Morgan fingerprint density at radius 2 is 1.28 bits per heavy atom. The predicted molar refractivity (Wildman–Crippen MR) is 170 cm³/mol. The molecule has 0 saturated heterocycles. The van der Waals surface area contributed by atoms with E-state index in [0.29, 0.717) is 12.0 Å². The van der Waals surface area contributed by atoms with Crippen LogP contribution in [0, 0.1) is 0 Å². The van der Waals surface area contributed by atoms with Crippen molar-refractivity contribution in [3.05, 3.63) is 107 Å². The highest BCUT2D eigenvalue weighted by Gasteiger charge is 2.25. The van der Waals surface area contributed by atoms with Gasteiger partial charge in [-0.1, -0.05) is 72.8 Å². The molecule has 0 aliphatic heterocycles. The number of amides is 3. The topological polar surface area (TPSA) is 149 Å². The first-order valence-corrected chi connectivity index (χ1v) is 15.0. The van der Waals surface area contributed by atoms with Crippen molar-refractivity contribution < 1.29 is 38.2 Å².